The SMILES string of the molecule is COc1cc2c(cc1CN[C@H]1CCCN(CCN(C)C)[C@H]1c1ccccc1)N(C)C(=O)CC2. The van der Waals surface area contributed by atoms with Crippen molar-refractivity contribution in [3.8, 4) is 5.75 Å². The number of hydrogen-bond donors (Lipinski definition) is 1. The van der Waals surface area contributed by atoms with E-state index in [0.29, 0.717) is 25.0 Å². The number of piperidine rings is 1. The molecule has 0 aromatic heterocycles. The summed E-state index contributed by atoms with van der Waals surface area (Å²) in [4.78, 5) is 18.9. The highest BCUT2D eigenvalue weighted by molar-refractivity contribution is 5.96. The highest BCUT2D eigenvalue weighted by Gasteiger charge is 2.32. The minimum Gasteiger partial charge on any atom is -0.496 e. The largest absolute Gasteiger partial charge is 0.496 e. The van der Waals surface area contributed by atoms with Gasteiger partial charge in [-0.15, -0.1) is 0 Å². The lowest BCUT2D eigenvalue weighted by atomic mass is 9.90. The van der Waals surface area contributed by atoms with Gasteiger partial charge in [0.2, 0.25) is 5.91 Å². The summed E-state index contributed by atoms with van der Waals surface area (Å²) < 4.78 is 5.75. The third-order valence-corrected chi connectivity index (χ3v) is 7.09. The summed E-state index contributed by atoms with van der Waals surface area (Å²) in [5, 5.41) is 3.87. The molecule has 1 saturated heterocycles. The maximum absolute atomic E-state index is 12.2. The Balaban J connectivity index is 1.56. The summed E-state index contributed by atoms with van der Waals surface area (Å²) in [6.07, 6.45) is 3.67. The number of anilines is 1. The molecule has 2 aliphatic heterocycles. The van der Waals surface area contributed by atoms with Crippen LogP contribution in [0.1, 0.15) is 42.0 Å². The van der Waals surface area contributed by atoms with Crippen LogP contribution in [0.2, 0.25) is 0 Å². The summed E-state index contributed by atoms with van der Waals surface area (Å²) in [7, 11) is 7.89. The van der Waals surface area contributed by atoms with Crippen LogP contribution in [0.4, 0.5) is 5.69 Å². The number of benzene rings is 2. The number of methoxy groups -OCH3 is 1. The minimum atomic E-state index is 0.180. The fourth-order valence-corrected chi connectivity index (χ4v) is 5.23. The van der Waals surface area contributed by atoms with Crippen LogP contribution < -0.4 is 15.0 Å². The van der Waals surface area contributed by atoms with Gasteiger partial charge in [-0.3, -0.25) is 9.69 Å². The Kier molecular flexibility index (Phi) is 7.68. The maximum Gasteiger partial charge on any atom is 0.227 e. The van der Waals surface area contributed by atoms with E-state index in [2.05, 4.69) is 71.7 Å². The Labute approximate surface area is 198 Å². The summed E-state index contributed by atoms with van der Waals surface area (Å²) in [6, 6.07) is 15.8. The molecule has 0 unspecified atom stereocenters. The van der Waals surface area contributed by atoms with Gasteiger partial charge in [0, 0.05) is 50.4 Å². The average molecular weight is 451 g/mol. The van der Waals surface area contributed by atoms with Crippen molar-refractivity contribution < 1.29 is 9.53 Å². The van der Waals surface area contributed by atoms with Crippen molar-refractivity contribution >= 4 is 11.6 Å². The number of likely N-dealkylation sites (tertiary alicyclic amines) is 1. The van der Waals surface area contributed by atoms with Crippen LogP contribution in [0.25, 0.3) is 0 Å². The standard InChI is InChI=1S/C27H38N4O2/c1-29(2)15-16-31-14-8-11-23(27(31)20-9-6-5-7-10-20)28-19-22-17-24-21(18-25(22)33-4)12-13-26(32)30(24)3/h5-7,9-10,17-18,23,27-28H,8,11-16,19H2,1-4H3/t23-,27-/m0/s1. The number of ether oxygens (including phenoxy) is 1. The number of likely N-dealkylation sites (N-methyl/N-ethyl adjacent to an activating group) is 1. The fourth-order valence-electron chi connectivity index (χ4n) is 5.23. The molecule has 6 nitrogen and oxygen atoms in total. The lowest BCUT2D eigenvalue weighted by Gasteiger charge is -2.42. The number of rotatable bonds is 8. The zero-order valence-corrected chi connectivity index (χ0v) is 20.5. The quantitative estimate of drug-likeness (QED) is 0.668. The smallest absolute Gasteiger partial charge is 0.227 e. The highest BCUT2D eigenvalue weighted by atomic mass is 16.5. The van der Waals surface area contributed by atoms with Gasteiger partial charge in [-0.1, -0.05) is 30.3 Å². The molecule has 2 aliphatic rings. The molecule has 1 N–H and O–H groups in total. The van der Waals surface area contributed by atoms with Crippen LogP contribution in [0.5, 0.6) is 5.75 Å². The summed E-state index contributed by atoms with van der Waals surface area (Å²) in [5.41, 5.74) is 4.68. The number of amides is 1. The molecule has 33 heavy (non-hydrogen) atoms. The molecular weight excluding hydrogens is 412 g/mol. The van der Waals surface area contributed by atoms with Crippen molar-refractivity contribution in [2.45, 2.75) is 44.3 Å². The van der Waals surface area contributed by atoms with Gasteiger partial charge in [0.25, 0.3) is 0 Å². The predicted molar refractivity (Wildman–Crippen MR) is 134 cm³/mol. The van der Waals surface area contributed by atoms with Gasteiger partial charge >= 0.3 is 0 Å². The van der Waals surface area contributed by atoms with Crippen molar-refractivity contribution in [2.75, 3.05) is 52.8 Å². The van der Waals surface area contributed by atoms with Gasteiger partial charge in [-0.05, 0) is 63.2 Å². The van der Waals surface area contributed by atoms with Gasteiger partial charge in [0.1, 0.15) is 5.75 Å². The Bertz CT molecular complexity index is 947. The van der Waals surface area contributed by atoms with Crippen molar-refractivity contribution in [2.24, 2.45) is 0 Å². The van der Waals surface area contributed by atoms with Gasteiger partial charge in [-0.25, -0.2) is 0 Å². The van der Waals surface area contributed by atoms with E-state index in [9.17, 15) is 4.79 Å². The third-order valence-electron chi connectivity index (χ3n) is 7.09. The molecule has 1 fully saturated rings. The molecule has 2 aromatic carbocycles. The number of nitrogens with one attached hydrogen (secondary N) is 1. The predicted octanol–water partition coefficient (Wildman–Crippen LogP) is 3.46. The zero-order chi connectivity index (χ0) is 23.4. The Morgan fingerprint density at radius 1 is 1.15 bits per heavy atom. The molecule has 0 spiro atoms. The number of hydrogen-bond acceptors (Lipinski definition) is 5. The van der Waals surface area contributed by atoms with E-state index < -0.39 is 0 Å². The molecule has 0 bridgehead atoms. The zero-order valence-electron chi connectivity index (χ0n) is 20.5. The number of fused-ring (bicyclic) bond motifs is 1. The highest BCUT2D eigenvalue weighted by Crippen LogP contribution is 2.35. The van der Waals surface area contributed by atoms with Gasteiger partial charge in [-0.2, -0.15) is 0 Å². The van der Waals surface area contributed by atoms with Crippen LogP contribution in [-0.4, -0.2) is 69.6 Å². The number of aryl methyl sites for hydroxylation is 1. The minimum absolute atomic E-state index is 0.180. The molecule has 2 atom stereocenters. The van der Waals surface area contributed by atoms with Crippen LogP contribution >= 0.6 is 0 Å². The molecule has 6 heteroatoms. The fraction of sp³-hybridized carbons (Fsp3) is 0.519. The van der Waals surface area contributed by atoms with E-state index in [1.807, 2.05) is 7.05 Å². The average Bonchev–Trinajstić information content (AvgIpc) is 2.83. The molecule has 4 rings (SSSR count). The van der Waals surface area contributed by atoms with Crippen LogP contribution in [-0.2, 0) is 17.8 Å². The second-order valence-electron chi connectivity index (χ2n) is 9.57. The first kappa shape index (κ1) is 23.7. The van der Waals surface area contributed by atoms with Crippen LogP contribution in [0.15, 0.2) is 42.5 Å². The van der Waals surface area contributed by atoms with Crippen molar-refractivity contribution in [3.63, 3.8) is 0 Å². The van der Waals surface area contributed by atoms with E-state index in [0.717, 1.165) is 49.5 Å². The van der Waals surface area contributed by atoms with Crippen molar-refractivity contribution in [3.05, 3.63) is 59.2 Å². The van der Waals surface area contributed by atoms with Crippen LogP contribution in [0, 0.1) is 0 Å². The van der Waals surface area contributed by atoms with Gasteiger partial charge in [0.15, 0.2) is 0 Å². The summed E-state index contributed by atoms with van der Waals surface area (Å²) in [6.45, 7) is 3.95. The Hall–Kier alpha value is -2.41. The number of carbonyl (C=O) groups is 1. The van der Waals surface area contributed by atoms with E-state index in [1.54, 1.807) is 12.0 Å². The first-order valence-corrected chi connectivity index (χ1v) is 12.1. The first-order valence-electron chi connectivity index (χ1n) is 12.1. The lowest BCUT2D eigenvalue weighted by Crippen LogP contribution is -2.49. The summed E-state index contributed by atoms with van der Waals surface area (Å²) >= 11 is 0. The first-order chi connectivity index (χ1) is 16.0. The normalized spacial score (nSPS) is 21.4. The second kappa shape index (κ2) is 10.7. The molecule has 2 aromatic rings. The number of carbonyl (C=O) groups excluding carboxylic acids is 1. The number of nitrogens with zero attached hydrogens (tertiary/aromatic N) is 3. The third kappa shape index (κ3) is 5.40. The Morgan fingerprint density at radius 3 is 2.67 bits per heavy atom. The second-order valence-corrected chi connectivity index (χ2v) is 9.57. The van der Waals surface area contributed by atoms with Crippen LogP contribution in [0.3, 0.4) is 0 Å². The van der Waals surface area contributed by atoms with Gasteiger partial charge < -0.3 is 19.9 Å². The maximum atomic E-state index is 12.2. The monoisotopic (exact) mass is 450 g/mol. The molecule has 2 heterocycles. The lowest BCUT2D eigenvalue weighted by molar-refractivity contribution is -0.118. The Morgan fingerprint density at radius 2 is 1.94 bits per heavy atom. The van der Waals surface area contributed by atoms with E-state index in [1.165, 1.54) is 17.5 Å². The molecule has 0 saturated carbocycles. The summed E-state index contributed by atoms with van der Waals surface area (Å²) in [5.74, 6) is 1.08. The molecular formula is C27H38N4O2. The molecule has 0 radical (unpaired) electrons. The van der Waals surface area contributed by atoms with E-state index in [-0.39, 0.29) is 5.91 Å². The van der Waals surface area contributed by atoms with Crippen molar-refractivity contribution in [1.29, 1.82) is 0 Å². The van der Waals surface area contributed by atoms with E-state index >= 15 is 0 Å². The molecule has 178 valence electrons. The van der Waals surface area contributed by atoms with Gasteiger partial charge in [0.05, 0.1) is 13.2 Å². The van der Waals surface area contributed by atoms with E-state index in [4.69, 9.17) is 4.74 Å². The molecule has 1 amide bonds. The molecule has 0 aliphatic carbocycles. The topological polar surface area (TPSA) is 48.1 Å². The van der Waals surface area contributed by atoms with Crippen molar-refractivity contribution in [1.82, 2.24) is 15.1 Å².